The molecular formula is C25H22NOS2+. The Kier molecular flexibility index (Phi) is 5.15. The number of thiophene rings is 2. The van der Waals surface area contributed by atoms with Crippen molar-refractivity contribution in [1.29, 1.82) is 0 Å². The summed E-state index contributed by atoms with van der Waals surface area (Å²) in [6.07, 6.45) is 0. The summed E-state index contributed by atoms with van der Waals surface area (Å²) < 4.78 is 0. The number of ketones is 1. The molecular weight excluding hydrogens is 394 g/mol. The maximum Gasteiger partial charge on any atom is 0.160 e. The Hall–Kier alpha value is -2.53. The molecule has 4 atom stereocenters. The third kappa shape index (κ3) is 3.48. The first-order valence-corrected chi connectivity index (χ1v) is 11.6. The Morgan fingerprint density at radius 1 is 0.586 bits per heavy atom. The van der Waals surface area contributed by atoms with Crippen LogP contribution in [0.5, 0.6) is 0 Å². The summed E-state index contributed by atoms with van der Waals surface area (Å²) in [5.41, 5.74) is 2.22. The lowest BCUT2D eigenvalue weighted by atomic mass is 9.72. The molecule has 1 aliphatic rings. The molecule has 29 heavy (non-hydrogen) atoms. The summed E-state index contributed by atoms with van der Waals surface area (Å²) in [4.78, 5) is 16.7. The van der Waals surface area contributed by atoms with E-state index in [0.717, 1.165) is 11.1 Å². The summed E-state index contributed by atoms with van der Waals surface area (Å²) in [5, 5.41) is 6.66. The first-order chi connectivity index (χ1) is 14.3. The number of carbonyl (C=O) groups excluding carboxylic acids is 1. The molecule has 1 fully saturated rings. The minimum atomic E-state index is -0.156. The molecule has 5 rings (SSSR count). The second-order valence-electron chi connectivity index (χ2n) is 7.45. The predicted molar refractivity (Wildman–Crippen MR) is 119 cm³/mol. The zero-order valence-electron chi connectivity index (χ0n) is 15.8. The van der Waals surface area contributed by atoms with Crippen molar-refractivity contribution in [2.75, 3.05) is 0 Å². The molecule has 4 heteroatoms. The molecule has 1 saturated heterocycles. The second-order valence-corrected chi connectivity index (χ2v) is 9.41. The second kappa shape index (κ2) is 8.07. The number of carbonyl (C=O) groups is 1. The van der Waals surface area contributed by atoms with E-state index in [1.54, 1.807) is 22.7 Å². The molecule has 144 valence electrons. The summed E-state index contributed by atoms with van der Waals surface area (Å²) in [7, 11) is 0. The molecule has 1 aliphatic heterocycles. The number of hydrogen-bond acceptors (Lipinski definition) is 3. The Bertz CT molecular complexity index is 973. The van der Waals surface area contributed by atoms with Crippen molar-refractivity contribution in [2.24, 2.45) is 0 Å². The number of benzene rings is 2. The van der Waals surface area contributed by atoms with Crippen LogP contribution in [-0.2, 0) is 4.79 Å². The van der Waals surface area contributed by atoms with Crippen LogP contribution in [0.15, 0.2) is 95.7 Å². The average molecular weight is 417 g/mol. The SMILES string of the molecule is O=C1[C@@H](c2ccccc2)[C@@H](c2cccs2)[NH2+][C@H](c2cccs2)[C@@H]1c1ccccc1. The fourth-order valence-electron chi connectivity index (χ4n) is 4.54. The van der Waals surface area contributed by atoms with Gasteiger partial charge in [0.25, 0.3) is 0 Å². The highest BCUT2D eigenvalue weighted by atomic mass is 32.1. The van der Waals surface area contributed by atoms with E-state index in [-0.39, 0.29) is 23.9 Å². The number of piperidine rings is 1. The number of quaternary nitrogens is 1. The van der Waals surface area contributed by atoms with Gasteiger partial charge in [0.1, 0.15) is 23.9 Å². The zero-order valence-corrected chi connectivity index (χ0v) is 17.5. The van der Waals surface area contributed by atoms with Crippen LogP contribution in [-0.4, -0.2) is 5.78 Å². The number of nitrogens with two attached hydrogens (primary N) is 1. The molecule has 0 radical (unpaired) electrons. The monoisotopic (exact) mass is 416 g/mol. The summed E-state index contributed by atoms with van der Waals surface area (Å²) >= 11 is 3.49. The van der Waals surface area contributed by atoms with E-state index in [1.165, 1.54) is 9.75 Å². The lowest BCUT2D eigenvalue weighted by Gasteiger charge is -2.38. The Morgan fingerprint density at radius 3 is 1.41 bits per heavy atom. The zero-order chi connectivity index (χ0) is 19.6. The molecule has 0 bridgehead atoms. The maximum atomic E-state index is 14.1. The standard InChI is InChI=1S/C25H21NOS2/c27-25-21(17-9-3-1-4-10-17)23(19-13-7-15-28-19)26-24(20-14-8-16-29-20)22(25)18-11-5-2-6-12-18/h1-16,21-24,26H/p+1/t21-,22-,23+,24+/m0/s1. The normalized spacial score (nSPS) is 24.5. The fourth-order valence-corrected chi connectivity index (χ4v) is 6.22. The van der Waals surface area contributed by atoms with Crippen molar-refractivity contribution in [2.45, 2.75) is 23.9 Å². The van der Waals surface area contributed by atoms with Gasteiger partial charge in [-0.25, -0.2) is 0 Å². The molecule has 2 aromatic carbocycles. The number of hydrogen-bond donors (Lipinski definition) is 1. The van der Waals surface area contributed by atoms with Crippen molar-refractivity contribution < 1.29 is 10.1 Å². The molecule has 0 unspecified atom stereocenters. The van der Waals surface area contributed by atoms with E-state index < -0.39 is 0 Å². The van der Waals surface area contributed by atoms with Gasteiger partial charge < -0.3 is 5.32 Å². The smallest absolute Gasteiger partial charge is 0.160 e. The van der Waals surface area contributed by atoms with Gasteiger partial charge in [-0.15, -0.1) is 22.7 Å². The van der Waals surface area contributed by atoms with Crippen LogP contribution in [0.4, 0.5) is 0 Å². The third-order valence-corrected chi connectivity index (χ3v) is 7.75. The van der Waals surface area contributed by atoms with Crippen LogP contribution in [0.2, 0.25) is 0 Å². The van der Waals surface area contributed by atoms with Crippen LogP contribution >= 0.6 is 22.7 Å². The minimum Gasteiger partial charge on any atom is -0.331 e. The average Bonchev–Trinajstić information content (AvgIpc) is 3.49. The van der Waals surface area contributed by atoms with E-state index in [9.17, 15) is 4.79 Å². The fraction of sp³-hybridized carbons (Fsp3) is 0.160. The Balaban J connectivity index is 1.66. The third-order valence-electron chi connectivity index (χ3n) is 5.81. The van der Waals surface area contributed by atoms with Gasteiger partial charge in [0, 0.05) is 0 Å². The van der Waals surface area contributed by atoms with E-state index in [1.807, 2.05) is 36.4 Å². The van der Waals surface area contributed by atoms with Crippen LogP contribution in [0, 0.1) is 0 Å². The molecule has 4 aromatic rings. The van der Waals surface area contributed by atoms with Crippen molar-refractivity contribution in [3.8, 4) is 0 Å². The van der Waals surface area contributed by atoms with Crippen molar-refractivity contribution >= 4 is 28.5 Å². The molecule has 0 saturated carbocycles. The van der Waals surface area contributed by atoms with Crippen LogP contribution in [0.25, 0.3) is 0 Å². The van der Waals surface area contributed by atoms with Gasteiger partial charge in [-0.3, -0.25) is 4.79 Å². The first kappa shape index (κ1) is 18.5. The van der Waals surface area contributed by atoms with Crippen molar-refractivity contribution in [1.82, 2.24) is 0 Å². The van der Waals surface area contributed by atoms with Crippen molar-refractivity contribution in [3.63, 3.8) is 0 Å². The van der Waals surface area contributed by atoms with E-state index in [0.29, 0.717) is 5.78 Å². The topological polar surface area (TPSA) is 33.7 Å². The van der Waals surface area contributed by atoms with Crippen LogP contribution < -0.4 is 5.32 Å². The Labute approximate surface area is 178 Å². The van der Waals surface area contributed by atoms with Crippen molar-refractivity contribution in [3.05, 3.63) is 117 Å². The van der Waals surface area contributed by atoms with E-state index >= 15 is 0 Å². The van der Waals surface area contributed by atoms with Gasteiger partial charge in [0.05, 0.1) is 9.75 Å². The van der Waals surface area contributed by atoms with Gasteiger partial charge in [0.2, 0.25) is 0 Å². The molecule has 3 heterocycles. The molecule has 2 aromatic heterocycles. The minimum absolute atomic E-state index is 0.0944. The first-order valence-electron chi connectivity index (χ1n) is 9.88. The van der Waals surface area contributed by atoms with E-state index in [2.05, 4.69) is 64.6 Å². The van der Waals surface area contributed by atoms with Gasteiger partial charge in [-0.2, -0.15) is 0 Å². The quantitative estimate of drug-likeness (QED) is 0.481. The van der Waals surface area contributed by atoms with Crippen LogP contribution in [0.3, 0.4) is 0 Å². The summed E-state index contributed by atoms with van der Waals surface area (Å²) in [5.74, 6) is 0.00855. The van der Waals surface area contributed by atoms with Gasteiger partial charge in [-0.1, -0.05) is 72.8 Å². The highest BCUT2D eigenvalue weighted by Gasteiger charge is 2.49. The molecule has 2 nitrogen and oxygen atoms in total. The lowest BCUT2D eigenvalue weighted by molar-refractivity contribution is -0.740. The molecule has 0 amide bonds. The summed E-state index contributed by atoms with van der Waals surface area (Å²) in [6, 6.07) is 29.3. The van der Waals surface area contributed by atoms with E-state index in [4.69, 9.17) is 0 Å². The highest BCUT2D eigenvalue weighted by molar-refractivity contribution is 7.10. The number of rotatable bonds is 4. The van der Waals surface area contributed by atoms with Gasteiger partial charge in [-0.05, 0) is 34.0 Å². The highest BCUT2D eigenvalue weighted by Crippen LogP contribution is 2.44. The number of Topliss-reactive ketones (excluding diaryl/α,β-unsaturated/α-hetero) is 1. The Morgan fingerprint density at radius 2 is 1.03 bits per heavy atom. The van der Waals surface area contributed by atoms with Gasteiger partial charge >= 0.3 is 0 Å². The molecule has 0 aliphatic carbocycles. The maximum absolute atomic E-state index is 14.1. The van der Waals surface area contributed by atoms with Crippen LogP contribution in [0.1, 0.15) is 44.8 Å². The summed E-state index contributed by atoms with van der Waals surface area (Å²) in [6.45, 7) is 0. The van der Waals surface area contributed by atoms with Gasteiger partial charge in [0.15, 0.2) is 5.78 Å². The molecule has 0 spiro atoms. The lowest BCUT2D eigenvalue weighted by Crippen LogP contribution is -2.90. The largest absolute Gasteiger partial charge is 0.331 e. The predicted octanol–water partition coefficient (Wildman–Crippen LogP) is 5.31. The molecule has 2 N–H and O–H groups in total.